The van der Waals surface area contributed by atoms with Crippen LogP contribution in [-0.2, 0) is 9.53 Å². The smallest absolute Gasteiger partial charge is 0.248 e. The molecule has 122 valence electrons. The summed E-state index contributed by atoms with van der Waals surface area (Å²) in [5.41, 5.74) is 0.641. The number of pyridine rings is 1. The van der Waals surface area contributed by atoms with E-state index in [9.17, 15) is 9.18 Å². The Bertz CT molecular complexity index is 699. The third kappa shape index (κ3) is 3.76. The van der Waals surface area contributed by atoms with Crippen molar-refractivity contribution < 1.29 is 13.9 Å². The van der Waals surface area contributed by atoms with Gasteiger partial charge in [-0.15, -0.1) is 0 Å². The van der Waals surface area contributed by atoms with Crippen LogP contribution in [0.2, 0.25) is 0 Å². The number of benzene rings is 1. The molecule has 2 aromatic rings. The fourth-order valence-corrected chi connectivity index (χ4v) is 2.87. The fourth-order valence-electron chi connectivity index (χ4n) is 2.87. The van der Waals surface area contributed by atoms with Crippen LogP contribution in [0.4, 0.5) is 10.2 Å². The SMILES string of the molecule is COCC(=O)N1CCC(Nc2ccc3ccc(F)cc3n2)CC1. The van der Waals surface area contributed by atoms with Crippen molar-refractivity contribution in [3.8, 4) is 0 Å². The molecule has 1 aromatic heterocycles. The van der Waals surface area contributed by atoms with Gasteiger partial charge in [0.05, 0.1) is 5.52 Å². The lowest BCUT2D eigenvalue weighted by molar-refractivity contribution is -0.136. The van der Waals surface area contributed by atoms with E-state index in [4.69, 9.17) is 4.74 Å². The molecule has 1 aliphatic rings. The Labute approximate surface area is 134 Å². The highest BCUT2D eigenvalue weighted by atomic mass is 19.1. The summed E-state index contributed by atoms with van der Waals surface area (Å²) in [4.78, 5) is 18.1. The number of hydrogen-bond donors (Lipinski definition) is 1. The highest BCUT2D eigenvalue weighted by molar-refractivity contribution is 5.80. The van der Waals surface area contributed by atoms with Crippen LogP contribution in [0.25, 0.3) is 10.9 Å². The summed E-state index contributed by atoms with van der Waals surface area (Å²) in [6.45, 7) is 1.56. The van der Waals surface area contributed by atoms with Gasteiger partial charge in [-0.25, -0.2) is 9.37 Å². The number of rotatable bonds is 4. The van der Waals surface area contributed by atoms with Gasteiger partial charge in [0.15, 0.2) is 0 Å². The third-order valence-corrected chi connectivity index (χ3v) is 4.12. The molecule has 5 nitrogen and oxygen atoms in total. The lowest BCUT2D eigenvalue weighted by Gasteiger charge is -2.32. The van der Waals surface area contributed by atoms with Crippen molar-refractivity contribution in [1.29, 1.82) is 0 Å². The van der Waals surface area contributed by atoms with Gasteiger partial charge >= 0.3 is 0 Å². The maximum Gasteiger partial charge on any atom is 0.248 e. The number of piperidine rings is 1. The van der Waals surface area contributed by atoms with Gasteiger partial charge in [0.25, 0.3) is 0 Å². The van der Waals surface area contributed by atoms with E-state index in [0.29, 0.717) is 18.6 Å². The molecule has 0 bridgehead atoms. The van der Waals surface area contributed by atoms with Crippen molar-refractivity contribution in [3.05, 3.63) is 36.1 Å². The molecule has 0 radical (unpaired) electrons. The van der Waals surface area contributed by atoms with Gasteiger partial charge < -0.3 is 15.0 Å². The van der Waals surface area contributed by atoms with Crippen LogP contribution in [0, 0.1) is 5.82 Å². The molecule has 2 heterocycles. The van der Waals surface area contributed by atoms with Gasteiger partial charge in [-0.3, -0.25) is 4.79 Å². The molecule has 0 spiro atoms. The number of aromatic nitrogens is 1. The zero-order valence-corrected chi connectivity index (χ0v) is 13.1. The summed E-state index contributed by atoms with van der Waals surface area (Å²) < 4.78 is 18.2. The fraction of sp³-hybridized carbons (Fsp3) is 0.412. The van der Waals surface area contributed by atoms with E-state index in [1.54, 1.807) is 6.07 Å². The third-order valence-electron chi connectivity index (χ3n) is 4.12. The Morgan fingerprint density at radius 1 is 1.35 bits per heavy atom. The first-order chi connectivity index (χ1) is 11.2. The average Bonchev–Trinajstić information content (AvgIpc) is 2.55. The van der Waals surface area contributed by atoms with Crippen molar-refractivity contribution in [2.24, 2.45) is 0 Å². The highest BCUT2D eigenvalue weighted by Gasteiger charge is 2.22. The number of nitrogens with one attached hydrogen (secondary N) is 1. The van der Waals surface area contributed by atoms with E-state index >= 15 is 0 Å². The molecule has 1 aliphatic heterocycles. The lowest BCUT2D eigenvalue weighted by atomic mass is 10.0. The van der Waals surface area contributed by atoms with E-state index in [0.717, 1.165) is 24.0 Å². The molecular formula is C17H20FN3O2. The van der Waals surface area contributed by atoms with Crippen LogP contribution in [0.1, 0.15) is 12.8 Å². The summed E-state index contributed by atoms with van der Waals surface area (Å²) in [6, 6.07) is 8.70. The Morgan fingerprint density at radius 2 is 2.09 bits per heavy atom. The van der Waals surface area contributed by atoms with Crippen LogP contribution in [0.5, 0.6) is 0 Å². The number of likely N-dealkylation sites (tertiary alicyclic amines) is 1. The first kappa shape index (κ1) is 15.7. The van der Waals surface area contributed by atoms with Crippen molar-refractivity contribution in [1.82, 2.24) is 9.88 Å². The molecule has 0 saturated carbocycles. The molecule has 1 saturated heterocycles. The van der Waals surface area contributed by atoms with Crippen LogP contribution < -0.4 is 5.32 Å². The Balaban J connectivity index is 1.61. The molecule has 0 atom stereocenters. The largest absolute Gasteiger partial charge is 0.375 e. The second kappa shape index (κ2) is 6.91. The number of carbonyl (C=O) groups is 1. The Hall–Kier alpha value is -2.21. The summed E-state index contributed by atoms with van der Waals surface area (Å²) in [5.74, 6) is 0.488. The number of nitrogens with zero attached hydrogens (tertiary/aromatic N) is 2. The van der Waals surface area contributed by atoms with Gasteiger partial charge in [0, 0.05) is 37.7 Å². The second-order valence-electron chi connectivity index (χ2n) is 5.77. The van der Waals surface area contributed by atoms with E-state index in [1.807, 2.05) is 17.0 Å². The molecule has 1 amide bonds. The molecular weight excluding hydrogens is 297 g/mol. The molecule has 1 N–H and O–H groups in total. The van der Waals surface area contributed by atoms with E-state index < -0.39 is 0 Å². The summed E-state index contributed by atoms with van der Waals surface area (Å²) >= 11 is 0. The van der Waals surface area contributed by atoms with Gasteiger partial charge in [-0.2, -0.15) is 0 Å². The maximum absolute atomic E-state index is 13.3. The second-order valence-corrected chi connectivity index (χ2v) is 5.77. The minimum Gasteiger partial charge on any atom is -0.375 e. The average molecular weight is 317 g/mol. The predicted octanol–water partition coefficient (Wildman–Crippen LogP) is 2.42. The molecule has 0 aliphatic carbocycles. The van der Waals surface area contributed by atoms with Crippen LogP contribution in [0.3, 0.4) is 0 Å². The molecule has 23 heavy (non-hydrogen) atoms. The maximum atomic E-state index is 13.3. The zero-order chi connectivity index (χ0) is 16.2. The monoisotopic (exact) mass is 317 g/mol. The lowest BCUT2D eigenvalue weighted by Crippen LogP contribution is -2.43. The van der Waals surface area contributed by atoms with Crippen LogP contribution in [0.15, 0.2) is 30.3 Å². The van der Waals surface area contributed by atoms with Gasteiger partial charge in [-0.05, 0) is 37.1 Å². The quantitative estimate of drug-likeness (QED) is 0.941. The normalized spacial score (nSPS) is 15.8. The number of anilines is 1. The minimum atomic E-state index is -0.285. The Kier molecular flexibility index (Phi) is 4.71. The first-order valence-electron chi connectivity index (χ1n) is 7.75. The van der Waals surface area contributed by atoms with Crippen LogP contribution in [-0.4, -0.2) is 48.6 Å². The molecule has 1 aromatic carbocycles. The Morgan fingerprint density at radius 3 is 2.83 bits per heavy atom. The first-order valence-corrected chi connectivity index (χ1v) is 7.75. The van der Waals surface area contributed by atoms with Crippen molar-refractivity contribution in [3.63, 3.8) is 0 Å². The number of fused-ring (bicyclic) bond motifs is 1. The summed E-state index contributed by atoms with van der Waals surface area (Å²) in [6.07, 6.45) is 1.72. The van der Waals surface area contributed by atoms with Crippen LogP contribution >= 0.6 is 0 Å². The van der Waals surface area contributed by atoms with E-state index in [-0.39, 0.29) is 24.4 Å². The van der Waals surface area contributed by atoms with E-state index in [2.05, 4.69) is 10.3 Å². The zero-order valence-electron chi connectivity index (χ0n) is 13.1. The minimum absolute atomic E-state index is 0.0326. The van der Waals surface area contributed by atoms with Crippen molar-refractivity contribution >= 4 is 22.6 Å². The number of amides is 1. The number of carbonyl (C=O) groups excluding carboxylic acids is 1. The standard InChI is InChI=1S/C17H20FN3O2/c1-23-11-17(22)21-8-6-14(7-9-21)19-16-5-3-12-2-4-13(18)10-15(12)20-16/h2-5,10,14H,6-9,11H2,1H3,(H,19,20). The number of halogens is 1. The molecule has 1 fully saturated rings. The van der Waals surface area contributed by atoms with Crippen molar-refractivity contribution in [2.45, 2.75) is 18.9 Å². The topological polar surface area (TPSA) is 54.5 Å². The predicted molar refractivity (Wildman–Crippen MR) is 86.8 cm³/mol. The summed E-state index contributed by atoms with van der Waals surface area (Å²) in [5, 5.41) is 4.29. The highest BCUT2D eigenvalue weighted by Crippen LogP contribution is 2.19. The van der Waals surface area contributed by atoms with Gasteiger partial charge in [0.1, 0.15) is 18.2 Å². The number of hydrogen-bond acceptors (Lipinski definition) is 4. The van der Waals surface area contributed by atoms with Crippen molar-refractivity contribution in [2.75, 3.05) is 32.1 Å². The summed E-state index contributed by atoms with van der Waals surface area (Å²) in [7, 11) is 1.53. The number of ether oxygens (including phenoxy) is 1. The molecule has 3 rings (SSSR count). The molecule has 0 unspecified atom stereocenters. The van der Waals surface area contributed by atoms with Gasteiger partial charge in [0.2, 0.25) is 5.91 Å². The number of methoxy groups -OCH3 is 1. The van der Waals surface area contributed by atoms with E-state index in [1.165, 1.54) is 19.2 Å². The van der Waals surface area contributed by atoms with Gasteiger partial charge in [-0.1, -0.05) is 0 Å². The molecule has 6 heteroatoms.